The van der Waals surface area contributed by atoms with Crippen LogP contribution in [0, 0.1) is 5.41 Å². The average Bonchev–Trinajstić information content (AvgIpc) is 3.13. The zero-order valence-electron chi connectivity index (χ0n) is 29.2. The summed E-state index contributed by atoms with van der Waals surface area (Å²) in [5.74, 6) is -1.42. The molecular weight excluding hydrogens is 674 g/mol. The van der Waals surface area contributed by atoms with Crippen molar-refractivity contribution in [3.05, 3.63) is 95.6 Å². The summed E-state index contributed by atoms with van der Waals surface area (Å²) in [7, 11) is -2.35. The predicted molar refractivity (Wildman–Crippen MR) is 191 cm³/mol. The molecule has 274 valence electrons. The quantitative estimate of drug-likeness (QED) is 0.315. The van der Waals surface area contributed by atoms with Gasteiger partial charge in [0.05, 0.1) is 28.2 Å². The number of nitrogens with one attached hydrogen (secondary N) is 2. The fraction of sp³-hybridized carbons (Fsp3) is 0.421. The Bertz CT molecular complexity index is 1730. The molecule has 2 aliphatic rings. The first-order valence-electron chi connectivity index (χ1n) is 17.1. The molecule has 1 unspecified atom stereocenters. The van der Waals surface area contributed by atoms with Gasteiger partial charge in [0, 0.05) is 46.3 Å². The standard InChI is InChI=1S/C38H47N3O9S/c1-3-49-37(45)38(20-24-48-2)25-29-16-18-31(19-17-29)50-26-35(43)39-21-10-23-41(22-9-15-34(42)40-28-38)36(44)32-13-7-8-14-33(32)51(46,47)27-30-11-5-4-6-12-30/h4-8,11-14,16-19H,3,9-10,15,20-28H2,1-2H3,(H,39,43)(H,40,42). The summed E-state index contributed by atoms with van der Waals surface area (Å²) < 4.78 is 43.6. The molecule has 1 atom stereocenters. The van der Waals surface area contributed by atoms with Crippen molar-refractivity contribution >= 4 is 33.5 Å². The first kappa shape index (κ1) is 39.0. The molecule has 0 saturated heterocycles. The van der Waals surface area contributed by atoms with E-state index in [-0.39, 0.29) is 99.7 Å². The number of sulfone groups is 1. The second-order valence-electron chi connectivity index (χ2n) is 12.5. The first-order valence-corrected chi connectivity index (χ1v) is 18.8. The second kappa shape index (κ2) is 19.0. The maximum absolute atomic E-state index is 14.0. The number of fused-ring (bicyclic) bond motifs is 17. The van der Waals surface area contributed by atoms with E-state index in [4.69, 9.17) is 14.2 Å². The summed E-state index contributed by atoms with van der Waals surface area (Å²) >= 11 is 0. The molecule has 2 bridgehead atoms. The van der Waals surface area contributed by atoms with Gasteiger partial charge in [0.15, 0.2) is 16.4 Å². The van der Waals surface area contributed by atoms with E-state index in [1.54, 1.807) is 61.5 Å². The van der Waals surface area contributed by atoms with Gasteiger partial charge in [0.1, 0.15) is 5.75 Å². The largest absolute Gasteiger partial charge is 0.484 e. The second-order valence-corrected chi connectivity index (χ2v) is 14.4. The normalized spacial score (nSPS) is 18.2. The van der Waals surface area contributed by atoms with E-state index in [9.17, 15) is 27.6 Å². The molecule has 2 aliphatic heterocycles. The highest BCUT2D eigenvalue weighted by Gasteiger charge is 2.40. The van der Waals surface area contributed by atoms with Gasteiger partial charge in [-0.15, -0.1) is 0 Å². The zero-order valence-corrected chi connectivity index (χ0v) is 30.0. The van der Waals surface area contributed by atoms with E-state index in [0.717, 1.165) is 5.56 Å². The highest BCUT2D eigenvalue weighted by Crippen LogP contribution is 2.30. The van der Waals surface area contributed by atoms with Crippen LogP contribution in [0.5, 0.6) is 5.75 Å². The number of nitrogens with zero attached hydrogens (tertiary/aromatic N) is 1. The summed E-state index contributed by atoms with van der Waals surface area (Å²) in [5.41, 5.74) is 0.314. The highest BCUT2D eigenvalue weighted by molar-refractivity contribution is 7.90. The van der Waals surface area contributed by atoms with Gasteiger partial charge in [-0.1, -0.05) is 54.6 Å². The fourth-order valence-corrected chi connectivity index (χ4v) is 7.48. The lowest BCUT2D eigenvalue weighted by molar-refractivity contribution is -0.156. The highest BCUT2D eigenvalue weighted by atomic mass is 32.2. The monoisotopic (exact) mass is 721 g/mol. The van der Waals surface area contributed by atoms with E-state index < -0.39 is 27.1 Å². The molecule has 5 rings (SSSR count). The van der Waals surface area contributed by atoms with Crippen LogP contribution in [0.15, 0.2) is 83.8 Å². The topological polar surface area (TPSA) is 157 Å². The number of benzene rings is 3. The molecule has 0 fully saturated rings. The molecule has 3 aromatic carbocycles. The number of esters is 1. The van der Waals surface area contributed by atoms with Gasteiger partial charge in [-0.05, 0) is 68.0 Å². The van der Waals surface area contributed by atoms with Crippen molar-refractivity contribution in [1.82, 2.24) is 15.5 Å². The van der Waals surface area contributed by atoms with Crippen LogP contribution in [0.4, 0.5) is 0 Å². The minimum absolute atomic E-state index is 0.00173. The van der Waals surface area contributed by atoms with E-state index in [1.807, 2.05) is 12.1 Å². The van der Waals surface area contributed by atoms with Crippen LogP contribution in [0.2, 0.25) is 0 Å². The smallest absolute Gasteiger partial charge is 0.314 e. The number of hydrogen-bond acceptors (Lipinski definition) is 9. The van der Waals surface area contributed by atoms with Crippen molar-refractivity contribution in [2.24, 2.45) is 5.41 Å². The van der Waals surface area contributed by atoms with E-state index in [0.29, 0.717) is 17.7 Å². The first-order chi connectivity index (χ1) is 24.6. The molecule has 0 spiro atoms. The van der Waals surface area contributed by atoms with Gasteiger partial charge in [0.25, 0.3) is 11.8 Å². The van der Waals surface area contributed by atoms with Crippen LogP contribution in [0.3, 0.4) is 0 Å². The molecule has 0 aromatic heterocycles. The summed E-state index contributed by atoms with van der Waals surface area (Å²) in [4.78, 5) is 54.7. The molecule has 12 nitrogen and oxygen atoms in total. The maximum atomic E-state index is 14.0. The Kier molecular flexibility index (Phi) is 14.6. The number of carbonyl (C=O) groups excluding carboxylic acids is 4. The predicted octanol–water partition coefficient (Wildman–Crippen LogP) is 3.73. The van der Waals surface area contributed by atoms with Crippen molar-refractivity contribution < 1.29 is 41.8 Å². The minimum atomic E-state index is -3.89. The van der Waals surface area contributed by atoms with Crippen LogP contribution in [0.25, 0.3) is 0 Å². The number of hydrogen-bond donors (Lipinski definition) is 2. The number of rotatable bonds is 9. The lowest BCUT2D eigenvalue weighted by Crippen LogP contribution is -2.46. The van der Waals surface area contributed by atoms with Gasteiger partial charge >= 0.3 is 5.97 Å². The SMILES string of the molecule is CCOC(=O)C1(CCOC)CNC(=O)CCCN(C(=O)c2ccccc2S(=O)(=O)Cc2ccccc2)CCCNC(=O)COc2ccc(cc2)C1. The molecule has 3 aromatic rings. The zero-order chi connectivity index (χ0) is 36.7. The van der Waals surface area contributed by atoms with Crippen molar-refractivity contribution in [3.8, 4) is 5.75 Å². The van der Waals surface area contributed by atoms with Gasteiger partial charge in [-0.25, -0.2) is 8.42 Å². The number of ether oxygens (including phenoxy) is 3. The molecule has 51 heavy (non-hydrogen) atoms. The van der Waals surface area contributed by atoms with Crippen molar-refractivity contribution in [2.45, 2.75) is 49.7 Å². The van der Waals surface area contributed by atoms with Crippen molar-refractivity contribution in [1.29, 1.82) is 0 Å². The Morgan fingerprint density at radius 1 is 0.902 bits per heavy atom. The summed E-state index contributed by atoms with van der Waals surface area (Å²) in [6.07, 6.45) is 1.23. The number of carbonyl (C=O) groups is 4. The summed E-state index contributed by atoms with van der Waals surface area (Å²) in [6.45, 7) is 2.51. The molecule has 2 N–H and O–H groups in total. The maximum Gasteiger partial charge on any atom is 0.314 e. The summed E-state index contributed by atoms with van der Waals surface area (Å²) in [6, 6.07) is 21.9. The third-order valence-electron chi connectivity index (χ3n) is 8.65. The van der Waals surface area contributed by atoms with Crippen LogP contribution < -0.4 is 15.4 Å². The van der Waals surface area contributed by atoms with E-state index >= 15 is 0 Å². The number of methoxy groups -OCH3 is 1. The Labute approximate surface area is 299 Å². The lowest BCUT2D eigenvalue weighted by atomic mass is 9.78. The van der Waals surface area contributed by atoms with Gasteiger partial charge < -0.3 is 29.7 Å². The average molecular weight is 722 g/mol. The Morgan fingerprint density at radius 3 is 2.33 bits per heavy atom. The molecule has 2 heterocycles. The molecule has 3 amide bonds. The fourth-order valence-electron chi connectivity index (χ4n) is 5.92. The van der Waals surface area contributed by atoms with Gasteiger partial charge in [-0.2, -0.15) is 0 Å². The van der Waals surface area contributed by atoms with Gasteiger partial charge in [-0.3, -0.25) is 19.2 Å². The van der Waals surface area contributed by atoms with E-state index in [1.165, 1.54) is 24.1 Å². The third-order valence-corrected chi connectivity index (χ3v) is 10.4. The molecule has 0 aliphatic carbocycles. The minimum Gasteiger partial charge on any atom is -0.484 e. The molecule has 0 radical (unpaired) electrons. The third kappa shape index (κ3) is 11.4. The lowest BCUT2D eigenvalue weighted by Gasteiger charge is -2.32. The molecule has 0 saturated carbocycles. The van der Waals surface area contributed by atoms with Crippen LogP contribution in [0.1, 0.15) is 54.1 Å². The molecule has 13 heteroatoms. The summed E-state index contributed by atoms with van der Waals surface area (Å²) in [5, 5.41) is 5.71. The van der Waals surface area contributed by atoms with Crippen molar-refractivity contribution in [3.63, 3.8) is 0 Å². The molecular formula is C38H47N3O9S. The van der Waals surface area contributed by atoms with Crippen LogP contribution >= 0.6 is 0 Å². The van der Waals surface area contributed by atoms with E-state index in [2.05, 4.69) is 10.6 Å². The van der Waals surface area contributed by atoms with Crippen LogP contribution in [-0.2, 0) is 45.9 Å². The van der Waals surface area contributed by atoms with Crippen molar-refractivity contribution in [2.75, 3.05) is 53.1 Å². The Morgan fingerprint density at radius 2 is 1.61 bits per heavy atom. The number of amides is 3. The Balaban J connectivity index is 1.57. The van der Waals surface area contributed by atoms with Gasteiger partial charge in [0.2, 0.25) is 5.91 Å². The Hall–Kier alpha value is -4.75. The van der Waals surface area contributed by atoms with Crippen LogP contribution in [-0.4, -0.2) is 90.1 Å².